The first-order chi connectivity index (χ1) is 10.7. The number of anilines is 3. The number of aliphatic carboxylic acids is 1. The molecule has 0 saturated heterocycles. The maximum Gasteiger partial charge on any atom is 0.460 e. The second kappa shape index (κ2) is 6.45. The first kappa shape index (κ1) is 20.0. The number of hydrogen-bond donors (Lipinski definition) is 4. The summed E-state index contributed by atoms with van der Waals surface area (Å²) in [6.45, 7) is -0.636. The van der Waals surface area contributed by atoms with Crippen molar-refractivity contribution in [3.05, 3.63) is 12.1 Å². The van der Waals surface area contributed by atoms with Gasteiger partial charge in [0.2, 0.25) is 0 Å². The molecule has 0 radical (unpaired) electrons. The largest absolute Gasteiger partial charge is 0.480 e. The van der Waals surface area contributed by atoms with Crippen molar-refractivity contribution in [1.29, 1.82) is 0 Å². The molecule has 1 aromatic carbocycles. The molecule has 0 amide bonds. The highest BCUT2D eigenvalue weighted by Gasteiger charge is 2.73. The Morgan fingerprint density at radius 3 is 1.92 bits per heavy atom. The van der Waals surface area contributed by atoms with Crippen molar-refractivity contribution in [3.8, 4) is 0 Å². The number of rotatable bonds is 6. The maximum absolute atomic E-state index is 13.3. The Kier molecular flexibility index (Phi) is 5.38. The lowest BCUT2D eigenvalue weighted by Crippen LogP contribution is -2.49. The van der Waals surface area contributed by atoms with Gasteiger partial charge in [-0.1, -0.05) is 0 Å². The molecule has 5 nitrogen and oxygen atoms in total. The van der Waals surface area contributed by atoms with E-state index < -0.39 is 57.9 Å². The molecule has 0 bridgehead atoms. The van der Waals surface area contributed by atoms with Gasteiger partial charge < -0.3 is 21.9 Å². The van der Waals surface area contributed by atoms with Crippen molar-refractivity contribution in [2.45, 2.75) is 22.2 Å². The molecule has 1 aromatic rings. The van der Waals surface area contributed by atoms with Crippen molar-refractivity contribution in [2.24, 2.45) is 0 Å². The molecule has 0 aliphatic heterocycles. The van der Waals surface area contributed by atoms with Gasteiger partial charge in [0.05, 0.1) is 17.1 Å². The van der Waals surface area contributed by atoms with Gasteiger partial charge in [-0.2, -0.15) is 30.7 Å². The smallest absolute Gasteiger partial charge is 0.460 e. The Morgan fingerprint density at radius 1 is 1.08 bits per heavy atom. The summed E-state index contributed by atoms with van der Waals surface area (Å²) in [5.41, 5.74) is 9.87. The Hall–Kier alpha value is -2.05. The van der Waals surface area contributed by atoms with E-state index in [1.807, 2.05) is 0 Å². The Morgan fingerprint density at radius 2 is 1.54 bits per heavy atom. The molecule has 0 heterocycles. The molecule has 0 atom stereocenters. The number of carboxylic acid groups (broad SMARTS) is 1. The van der Waals surface area contributed by atoms with E-state index in [1.54, 1.807) is 0 Å². The summed E-state index contributed by atoms with van der Waals surface area (Å²) in [7, 11) is 0. The number of carboxylic acids is 1. The lowest BCUT2D eigenvalue weighted by atomic mass is 10.2. The lowest BCUT2D eigenvalue weighted by molar-refractivity contribution is -0.330. The van der Waals surface area contributed by atoms with Crippen LogP contribution in [0.25, 0.3) is 0 Å². The van der Waals surface area contributed by atoms with Crippen LogP contribution in [-0.4, -0.2) is 35.0 Å². The summed E-state index contributed by atoms with van der Waals surface area (Å²) in [5, 5.41) is 5.23. The van der Waals surface area contributed by atoms with Gasteiger partial charge >= 0.3 is 23.3 Å². The third kappa shape index (κ3) is 4.07. The second-order valence-corrected chi connectivity index (χ2v) is 5.60. The molecule has 136 valence electrons. The zero-order valence-electron chi connectivity index (χ0n) is 11.4. The minimum Gasteiger partial charge on any atom is -0.480 e. The molecule has 0 fully saturated rings. The van der Waals surface area contributed by atoms with Crippen LogP contribution >= 0.6 is 11.8 Å². The maximum atomic E-state index is 13.3. The molecule has 0 aromatic heterocycles. The summed E-state index contributed by atoms with van der Waals surface area (Å²) in [4.78, 5) is 9.67. The Labute approximate surface area is 134 Å². The minimum atomic E-state index is -6.45. The number of thioether (sulfide) groups is 1. The highest BCUT2D eigenvalue weighted by Crippen LogP contribution is 2.54. The standard InChI is InChI=1S/C11H10F7N3O2S/c12-9(13,10(14,15)16)11(17,18)24-4-1-5(19)8(6(20)2-4)21-3-7(22)23/h1-2,21H,3,19-20H2,(H,22,23). The van der Waals surface area contributed by atoms with Gasteiger partial charge in [0.25, 0.3) is 0 Å². The van der Waals surface area contributed by atoms with Crippen LogP contribution in [0.4, 0.5) is 47.8 Å². The van der Waals surface area contributed by atoms with E-state index in [0.29, 0.717) is 12.1 Å². The molecular formula is C11H10F7N3O2S. The molecule has 0 aliphatic rings. The molecule has 1 rings (SSSR count). The van der Waals surface area contributed by atoms with Gasteiger partial charge in [-0.3, -0.25) is 4.79 Å². The van der Waals surface area contributed by atoms with Gasteiger partial charge in [0.15, 0.2) is 0 Å². The highest BCUT2D eigenvalue weighted by atomic mass is 32.2. The molecule has 13 heteroatoms. The summed E-state index contributed by atoms with van der Waals surface area (Å²) in [6, 6.07) is 1.34. The summed E-state index contributed by atoms with van der Waals surface area (Å²) < 4.78 is 88.6. The quantitative estimate of drug-likeness (QED) is 0.343. The number of benzene rings is 1. The van der Waals surface area contributed by atoms with Gasteiger partial charge in [-0.15, -0.1) is 0 Å². The van der Waals surface area contributed by atoms with Gasteiger partial charge in [0.1, 0.15) is 6.54 Å². The number of hydrogen-bond acceptors (Lipinski definition) is 5. The van der Waals surface area contributed by atoms with Crippen LogP contribution in [0.5, 0.6) is 0 Å². The lowest BCUT2D eigenvalue weighted by Gasteiger charge is -2.27. The molecule has 24 heavy (non-hydrogen) atoms. The highest BCUT2D eigenvalue weighted by molar-refractivity contribution is 8.00. The predicted molar refractivity (Wildman–Crippen MR) is 73.2 cm³/mol. The molecule has 0 spiro atoms. The fraction of sp³-hybridized carbons (Fsp3) is 0.364. The van der Waals surface area contributed by atoms with E-state index in [0.717, 1.165) is 0 Å². The fourth-order valence-electron chi connectivity index (χ4n) is 1.46. The Balaban J connectivity index is 3.11. The van der Waals surface area contributed by atoms with Crippen molar-refractivity contribution in [3.63, 3.8) is 0 Å². The van der Waals surface area contributed by atoms with E-state index in [4.69, 9.17) is 16.6 Å². The zero-order chi connectivity index (χ0) is 18.9. The average molecular weight is 381 g/mol. The predicted octanol–water partition coefficient (Wildman–Crippen LogP) is 3.23. The molecular weight excluding hydrogens is 371 g/mol. The third-order valence-corrected chi connectivity index (χ3v) is 3.54. The van der Waals surface area contributed by atoms with Crippen LogP contribution in [0.15, 0.2) is 17.0 Å². The van der Waals surface area contributed by atoms with Gasteiger partial charge in [-0.05, 0) is 23.9 Å². The zero-order valence-corrected chi connectivity index (χ0v) is 12.2. The summed E-state index contributed by atoms with van der Waals surface area (Å²) >= 11 is -1.07. The van der Waals surface area contributed by atoms with Gasteiger partial charge in [0, 0.05) is 4.90 Å². The molecule has 6 N–H and O–H groups in total. The number of nitrogens with one attached hydrogen (secondary N) is 1. The van der Waals surface area contributed by atoms with E-state index >= 15 is 0 Å². The topological polar surface area (TPSA) is 101 Å². The van der Waals surface area contributed by atoms with Crippen molar-refractivity contribution in [2.75, 3.05) is 23.3 Å². The van der Waals surface area contributed by atoms with Crippen molar-refractivity contribution in [1.82, 2.24) is 0 Å². The molecule has 0 saturated carbocycles. The van der Waals surface area contributed by atoms with Crippen LogP contribution in [0.3, 0.4) is 0 Å². The Bertz CT molecular complexity index is 614. The van der Waals surface area contributed by atoms with Gasteiger partial charge in [-0.25, -0.2) is 0 Å². The first-order valence-corrected chi connectivity index (χ1v) is 6.66. The number of carbonyl (C=O) groups is 1. The minimum absolute atomic E-state index is 0.173. The average Bonchev–Trinajstić information content (AvgIpc) is 2.34. The molecule has 0 aliphatic carbocycles. The first-order valence-electron chi connectivity index (χ1n) is 5.85. The van der Waals surface area contributed by atoms with Crippen molar-refractivity contribution >= 4 is 34.8 Å². The second-order valence-electron chi connectivity index (χ2n) is 4.42. The fourth-order valence-corrected chi connectivity index (χ4v) is 2.38. The monoisotopic (exact) mass is 381 g/mol. The number of nitrogens with two attached hydrogens (primary N) is 2. The van der Waals surface area contributed by atoms with Crippen LogP contribution in [0, 0.1) is 0 Å². The van der Waals surface area contributed by atoms with E-state index in [1.165, 1.54) is 0 Å². The normalized spacial score (nSPS) is 13.0. The van der Waals surface area contributed by atoms with E-state index in [2.05, 4.69) is 5.32 Å². The number of halogens is 7. The van der Waals surface area contributed by atoms with E-state index in [-0.39, 0.29) is 5.69 Å². The molecule has 0 unspecified atom stereocenters. The third-order valence-electron chi connectivity index (χ3n) is 2.56. The number of nitrogen functional groups attached to an aromatic ring is 2. The van der Waals surface area contributed by atoms with E-state index in [9.17, 15) is 35.5 Å². The summed E-state index contributed by atoms with van der Waals surface area (Å²) in [5.74, 6) is -7.59. The van der Waals surface area contributed by atoms with Crippen LogP contribution in [0.1, 0.15) is 0 Å². The van der Waals surface area contributed by atoms with Crippen LogP contribution in [-0.2, 0) is 4.79 Å². The SMILES string of the molecule is Nc1cc(SC(F)(F)C(F)(F)C(F)(F)F)cc(N)c1NCC(=O)O. The number of alkyl halides is 7. The summed E-state index contributed by atoms with van der Waals surface area (Å²) in [6.07, 6.45) is -6.45. The van der Waals surface area contributed by atoms with Crippen molar-refractivity contribution < 1.29 is 40.6 Å². The van der Waals surface area contributed by atoms with Crippen LogP contribution in [0.2, 0.25) is 0 Å². The van der Waals surface area contributed by atoms with Crippen LogP contribution < -0.4 is 16.8 Å².